The summed E-state index contributed by atoms with van der Waals surface area (Å²) in [6.45, 7) is 0. The number of hydrogen-bond donors (Lipinski definition) is 3. The van der Waals surface area contributed by atoms with Crippen LogP contribution in [-0.4, -0.2) is 27.9 Å². The Morgan fingerprint density at radius 1 is 0.903 bits per heavy atom. The Morgan fingerprint density at radius 2 is 1.52 bits per heavy atom. The van der Waals surface area contributed by atoms with E-state index in [0.717, 1.165) is 0 Å². The monoisotopic (exact) mass is 479 g/mol. The maximum atomic E-state index is 13.0. The van der Waals surface area contributed by atoms with Gasteiger partial charge in [0.15, 0.2) is 11.5 Å². The van der Waals surface area contributed by atoms with Crippen LogP contribution in [0.3, 0.4) is 0 Å². The molecule has 0 heterocycles. The van der Waals surface area contributed by atoms with Gasteiger partial charge in [0.1, 0.15) is 11.5 Å². The Bertz CT molecular complexity index is 1180. The summed E-state index contributed by atoms with van der Waals surface area (Å²) in [5.74, 6) is -3.61. The standard InChI is InChI=1S/C21H12Cl3NO6/c22-11-3-1-10(2-4-11)18(26)16-15(9-14(23)19(27)17(16)24)31-13-7-5-12(6-8-13)25-20(28)21(29)30/h1-9,27H,(H,25,28)(H,29,30). The first-order chi connectivity index (χ1) is 14.7. The molecule has 3 N–H and O–H groups in total. The third-order valence-corrected chi connectivity index (χ3v) is 4.93. The number of anilines is 1. The van der Waals surface area contributed by atoms with Crippen molar-refractivity contribution in [1.82, 2.24) is 0 Å². The molecular weight excluding hydrogens is 469 g/mol. The number of ketones is 1. The van der Waals surface area contributed by atoms with Crippen molar-refractivity contribution in [2.45, 2.75) is 0 Å². The number of ether oxygens (including phenoxy) is 1. The normalized spacial score (nSPS) is 10.4. The maximum Gasteiger partial charge on any atom is 0.394 e. The van der Waals surface area contributed by atoms with Crippen LogP contribution in [0.5, 0.6) is 17.2 Å². The van der Waals surface area contributed by atoms with E-state index in [1.807, 2.05) is 0 Å². The number of hydrogen-bond acceptors (Lipinski definition) is 5. The van der Waals surface area contributed by atoms with E-state index in [0.29, 0.717) is 5.02 Å². The SMILES string of the molecule is O=C(O)C(=O)Nc1ccc(Oc2cc(Cl)c(O)c(Cl)c2C(=O)c2ccc(Cl)cc2)cc1. The van der Waals surface area contributed by atoms with Crippen LogP contribution in [0.4, 0.5) is 5.69 Å². The highest BCUT2D eigenvalue weighted by Gasteiger charge is 2.24. The Labute approximate surface area is 190 Å². The van der Waals surface area contributed by atoms with E-state index in [2.05, 4.69) is 5.32 Å². The van der Waals surface area contributed by atoms with Gasteiger partial charge in [-0.15, -0.1) is 0 Å². The summed E-state index contributed by atoms with van der Waals surface area (Å²) in [5.41, 5.74) is 0.359. The van der Waals surface area contributed by atoms with E-state index in [1.165, 1.54) is 54.6 Å². The van der Waals surface area contributed by atoms with Crippen LogP contribution in [0.1, 0.15) is 15.9 Å². The molecule has 0 fully saturated rings. The minimum absolute atomic E-state index is 0.0185. The highest BCUT2D eigenvalue weighted by Crippen LogP contribution is 2.42. The number of carbonyl (C=O) groups excluding carboxylic acids is 2. The lowest BCUT2D eigenvalue weighted by atomic mass is 10.0. The zero-order valence-electron chi connectivity index (χ0n) is 15.4. The number of aromatic hydroxyl groups is 1. The molecule has 0 aliphatic carbocycles. The molecule has 0 spiro atoms. The van der Waals surface area contributed by atoms with Gasteiger partial charge in [0.2, 0.25) is 0 Å². The van der Waals surface area contributed by atoms with Gasteiger partial charge in [-0.05, 0) is 48.5 Å². The van der Waals surface area contributed by atoms with Gasteiger partial charge in [-0.2, -0.15) is 0 Å². The highest BCUT2D eigenvalue weighted by atomic mass is 35.5. The van der Waals surface area contributed by atoms with Crippen molar-refractivity contribution in [3.63, 3.8) is 0 Å². The predicted octanol–water partition coefficient (Wildman–Crippen LogP) is 5.40. The van der Waals surface area contributed by atoms with E-state index < -0.39 is 23.4 Å². The lowest BCUT2D eigenvalue weighted by Gasteiger charge is -2.15. The molecule has 158 valence electrons. The van der Waals surface area contributed by atoms with Crippen molar-refractivity contribution in [2.24, 2.45) is 0 Å². The van der Waals surface area contributed by atoms with Gasteiger partial charge in [0.05, 0.1) is 15.6 Å². The zero-order valence-corrected chi connectivity index (χ0v) is 17.6. The summed E-state index contributed by atoms with van der Waals surface area (Å²) in [6.07, 6.45) is 0. The minimum Gasteiger partial charge on any atom is -0.505 e. The van der Waals surface area contributed by atoms with Gasteiger partial charge < -0.3 is 20.3 Å². The molecule has 0 aliphatic heterocycles. The summed E-state index contributed by atoms with van der Waals surface area (Å²) in [6, 6.07) is 13.0. The molecule has 10 heteroatoms. The van der Waals surface area contributed by atoms with E-state index >= 15 is 0 Å². The van der Waals surface area contributed by atoms with Crippen LogP contribution in [0.15, 0.2) is 54.6 Å². The number of carbonyl (C=O) groups is 3. The fourth-order valence-corrected chi connectivity index (χ4v) is 3.19. The second-order valence-corrected chi connectivity index (χ2v) is 7.34. The second kappa shape index (κ2) is 9.26. The number of amides is 1. The summed E-state index contributed by atoms with van der Waals surface area (Å²) < 4.78 is 5.74. The third kappa shape index (κ3) is 5.08. The number of phenols is 1. The Kier molecular flexibility index (Phi) is 6.70. The van der Waals surface area contributed by atoms with Crippen molar-refractivity contribution in [2.75, 3.05) is 5.32 Å². The van der Waals surface area contributed by atoms with E-state index in [-0.39, 0.29) is 38.4 Å². The molecule has 0 atom stereocenters. The van der Waals surface area contributed by atoms with Gasteiger partial charge in [0, 0.05) is 22.3 Å². The van der Waals surface area contributed by atoms with Gasteiger partial charge in [-0.1, -0.05) is 34.8 Å². The first-order valence-corrected chi connectivity index (χ1v) is 9.64. The first-order valence-electron chi connectivity index (χ1n) is 8.50. The summed E-state index contributed by atoms with van der Waals surface area (Å²) >= 11 is 18.0. The number of carboxylic acid groups (broad SMARTS) is 1. The van der Waals surface area contributed by atoms with E-state index in [1.54, 1.807) is 0 Å². The largest absolute Gasteiger partial charge is 0.505 e. The lowest BCUT2D eigenvalue weighted by molar-refractivity contribution is -0.147. The van der Waals surface area contributed by atoms with E-state index in [4.69, 9.17) is 44.6 Å². The second-order valence-electron chi connectivity index (χ2n) is 6.12. The predicted molar refractivity (Wildman–Crippen MR) is 116 cm³/mol. The van der Waals surface area contributed by atoms with Crippen molar-refractivity contribution in [3.8, 4) is 17.2 Å². The van der Waals surface area contributed by atoms with Crippen LogP contribution in [0.2, 0.25) is 15.1 Å². The van der Waals surface area contributed by atoms with Gasteiger partial charge in [-0.25, -0.2) is 4.79 Å². The van der Waals surface area contributed by atoms with Crippen molar-refractivity contribution in [1.29, 1.82) is 0 Å². The minimum atomic E-state index is -1.63. The molecule has 0 aliphatic rings. The van der Waals surface area contributed by atoms with Crippen LogP contribution in [0, 0.1) is 0 Å². The van der Waals surface area contributed by atoms with Crippen LogP contribution < -0.4 is 10.1 Å². The lowest BCUT2D eigenvalue weighted by Crippen LogP contribution is -2.21. The molecule has 1 amide bonds. The fraction of sp³-hybridized carbons (Fsp3) is 0. The molecule has 0 bridgehead atoms. The molecule has 7 nitrogen and oxygen atoms in total. The molecule has 0 saturated carbocycles. The summed E-state index contributed by atoms with van der Waals surface area (Å²) in [5, 5.41) is 20.9. The number of carboxylic acids is 1. The number of phenolic OH excluding ortho intramolecular Hbond substituents is 1. The Morgan fingerprint density at radius 3 is 2.10 bits per heavy atom. The highest BCUT2D eigenvalue weighted by molar-refractivity contribution is 6.40. The molecule has 0 aromatic heterocycles. The fourth-order valence-electron chi connectivity index (χ4n) is 2.54. The Hall–Kier alpha value is -3.26. The number of aliphatic carboxylic acids is 1. The zero-order chi connectivity index (χ0) is 22.7. The van der Waals surface area contributed by atoms with Gasteiger partial charge in [0.25, 0.3) is 0 Å². The molecule has 0 radical (unpaired) electrons. The number of rotatable bonds is 5. The summed E-state index contributed by atoms with van der Waals surface area (Å²) in [4.78, 5) is 34.9. The average molecular weight is 481 g/mol. The molecule has 0 unspecified atom stereocenters. The summed E-state index contributed by atoms with van der Waals surface area (Å²) in [7, 11) is 0. The molecule has 3 aromatic rings. The molecule has 31 heavy (non-hydrogen) atoms. The average Bonchev–Trinajstić information content (AvgIpc) is 2.73. The number of benzene rings is 3. The quantitative estimate of drug-likeness (QED) is 0.333. The topological polar surface area (TPSA) is 113 Å². The Balaban J connectivity index is 1.96. The molecule has 0 saturated heterocycles. The van der Waals surface area contributed by atoms with Crippen LogP contribution in [0.25, 0.3) is 0 Å². The van der Waals surface area contributed by atoms with Crippen molar-refractivity contribution in [3.05, 3.63) is 80.8 Å². The first kappa shape index (κ1) is 22.4. The number of halogens is 3. The third-order valence-electron chi connectivity index (χ3n) is 4.03. The maximum absolute atomic E-state index is 13.0. The van der Waals surface area contributed by atoms with Gasteiger partial charge >= 0.3 is 11.9 Å². The van der Waals surface area contributed by atoms with Crippen LogP contribution >= 0.6 is 34.8 Å². The van der Waals surface area contributed by atoms with Crippen molar-refractivity contribution < 1.29 is 29.3 Å². The molecule has 3 rings (SSSR count). The van der Waals surface area contributed by atoms with E-state index in [9.17, 15) is 19.5 Å². The molecular formula is C21H12Cl3NO6. The van der Waals surface area contributed by atoms with Crippen molar-refractivity contribution >= 4 is 58.1 Å². The van der Waals surface area contributed by atoms with Gasteiger partial charge in [-0.3, -0.25) is 9.59 Å². The van der Waals surface area contributed by atoms with Crippen LogP contribution in [-0.2, 0) is 9.59 Å². The number of nitrogens with one attached hydrogen (secondary N) is 1. The molecule has 3 aromatic carbocycles. The smallest absolute Gasteiger partial charge is 0.394 e.